The second-order valence-corrected chi connectivity index (χ2v) is 4.90. The molecule has 3 nitrogen and oxygen atoms in total. The molecule has 1 aromatic carbocycles. The van der Waals surface area contributed by atoms with Crippen LogP contribution in [-0.2, 0) is 0 Å². The summed E-state index contributed by atoms with van der Waals surface area (Å²) in [6, 6.07) is 5.81. The quantitative estimate of drug-likeness (QED) is 0.776. The van der Waals surface area contributed by atoms with E-state index in [0.29, 0.717) is 10.7 Å². The van der Waals surface area contributed by atoms with E-state index in [1.807, 2.05) is 0 Å². The Hall–Kier alpha value is -0.870. The number of hydrogen-bond donors (Lipinski definition) is 1. The third-order valence-corrected chi connectivity index (χ3v) is 3.29. The Balaban J connectivity index is 2.24. The predicted octanol–water partition coefficient (Wildman–Crippen LogP) is 5.15. The summed E-state index contributed by atoms with van der Waals surface area (Å²) in [5.74, 6) is -0.413. The van der Waals surface area contributed by atoms with E-state index < -0.39 is 5.91 Å². The second kappa shape index (κ2) is 5.41. The molecule has 0 spiro atoms. The summed E-state index contributed by atoms with van der Waals surface area (Å²) in [7, 11) is 0. The van der Waals surface area contributed by atoms with E-state index in [0.717, 1.165) is 0 Å². The van der Waals surface area contributed by atoms with E-state index in [2.05, 4.69) is 5.32 Å². The number of anilines is 1. The number of hydrogen-bond acceptors (Lipinski definition) is 2. The lowest BCUT2D eigenvalue weighted by Gasteiger charge is -2.07. The van der Waals surface area contributed by atoms with Crippen molar-refractivity contribution in [1.82, 2.24) is 0 Å². The van der Waals surface area contributed by atoms with Crippen molar-refractivity contribution < 1.29 is 9.21 Å². The van der Waals surface area contributed by atoms with Crippen LogP contribution in [0.1, 0.15) is 10.6 Å². The van der Waals surface area contributed by atoms with Gasteiger partial charge in [-0.15, -0.1) is 0 Å². The summed E-state index contributed by atoms with van der Waals surface area (Å²) >= 11 is 23.1. The van der Waals surface area contributed by atoms with Gasteiger partial charge >= 0.3 is 0 Å². The Labute approximate surface area is 123 Å². The Morgan fingerprint density at radius 3 is 2.28 bits per heavy atom. The molecule has 18 heavy (non-hydrogen) atoms. The molecule has 0 radical (unpaired) electrons. The maximum atomic E-state index is 11.8. The summed E-state index contributed by atoms with van der Waals surface area (Å²) < 4.78 is 4.96. The van der Waals surface area contributed by atoms with Gasteiger partial charge in [-0.25, -0.2) is 0 Å². The van der Waals surface area contributed by atoms with Gasteiger partial charge in [-0.3, -0.25) is 4.79 Å². The smallest absolute Gasteiger partial charge is 0.291 e. The molecule has 1 heterocycles. The Morgan fingerprint density at radius 2 is 1.67 bits per heavy atom. The van der Waals surface area contributed by atoms with Crippen LogP contribution in [0, 0.1) is 0 Å². The highest BCUT2D eigenvalue weighted by molar-refractivity contribution is 6.44. The van der Waals surface area contributed by atoms with Gasteiger partial charge in [-0.2, -0.15) is 0 Å². The fraction of sp³-hybridized carbons (Fsp3) is 0. The number of halogens is 4. The molecular weight excluding hydrogens is 320 g/mol. The van der Waals surface area contributed by atoms with Crippen LogP contribution in [-0.4, -0.2) is 5.91 Å². The van der Waals surface area contributed by atoms with Crippen LogP contribution in [0.4, 0.5) is 5.69 Å². The summed E-state index contributed by atoms with van der Waals surface area (Å²) in [5, 5.41) is 3.53. The van der Waals surface area contributed by atoms with Crippen molar-refractivity contribution in [1.29, 1.82) is 0 Å². The minimum Gasteiger partial charge on any atom is -0.440 e. The fourth-order valence-corrected chi connectivity index (χ4v) is 1.98. The SMILES string of the molecule is O=C(Nc1cc(Cl)c(Cl)cc1Cl)c1ccc(Cl)o1. The van der Waals surface area contributed by atoms with E-state index in [1.165, 1.54) is 24.3 Å². The van der Waals surface area contributed by atoms with E-state index in [1.54, 1.807) is 0 Å². The van der Waals surface area contributed by atoms with Crippen LogP contribution in [0.3, 0.4) is 0 Å². The van der Waals surface area contributed by atoms with Crippen LogP contribution in [0.5, 0.6) is 0 Å². The number of benzene rings is 1. The molecule has 0 bridgehead atoms. The standard InChI is InChI=1S/C11H5Cl4NO2/c12-5-3-7(14)8(4-6(5)13)16-11(17)9-1-2-10(15)18-9/h1-4H,(H,16,17). The average molecular weight is 325 g/mol. The molecule has 0 unspecified atom stereocenters. The van der Waals surface area contributed by atoms with Crippen LogP contribution in [0.15, 0.2) is 28.7 Å². The molecule has 1 aromatic heterocycles. The largest absolute Gasteiger partial charge is 0.440 e. The predicted molar refractivity (Wildman–Crippen MR) is 73.1 cm³/mol. The van der Waals surface area contributed by atoms with E-state index >= 15 is 0 Å². The zero-order chi connectivity index (χ0) is 13.3. The summed E-state index contributed by atoms with van der Waals surface area (Å²) in [4.78, 5) is 11.8. The number of nitrogens with one attached hydrogen (secondary N) is 1. The molecule has 2 aromatic rings. The molecule has 0 fully saturated rings. The first kappa shape index (κ1) is 13.6. The van der Waals surface area contributed by atoms with Crippen molar-refractivity contribution in [3.05, 3.63) is 50.3 Å². The van der Waals surface area contributed by atoms with Crippen LogP contribution >= 0.6 is 46.4 Å². The van der Waals surface area contributed by atoms with Gasteiger partial charge in [-0.05, 0) is 35.9 Å². The monoisotopic (exact) mass is 323 g/mol. The third-order valence-electron chi connectivity index (χ3n) is 2.06. The summed E-state index contributed by atoms with van der Waals surface area (Å²) in [5.41, 5.74) is 0.337. The highest BCUT2D eigenvalue weighted by Gasteiger charge is 2.13. The van der Waals surface area contributed by atoms with Gasteiger partial charge in [0, 0.05) is 0 Å². The van der Waals surface area contributed by atoms with Crippen molar-refractivity contribution in [2.75, 3.05) is 5.32 Å². The fourth-order valence-electron chi connectivity index (χ4n) is 1.24. The maximum absolute atomic E-state index is 11.8. The Morgan fingerprint density at radius 1 is 1.00 bits per heavy atom. The van der Waals surface area contributed by atoms with Gasteiger partial charge in [0.25, 0.3) is 5.91 Å². The Kier molecular flexibility index (Phi) is 4.07. The van der Waals surface area contributed by atoms with Gasteiger partial charge in [0.15, 0.2) is 11.0 Å². The summed E-state index contributed by atoms with van der Waals surface area (Å²) in [6.07, 6.45) is 0. The molecule has 0 aliphatic carbocycles. The molecule has 1 N–H and O–H groups in total. The zero-order valence-corrected chi connectivity index (χ0v) is 11.7. The minimum atomic E-state index is -0.484. The first-order valence-electron chi connectivity index (χ1n) is 4.68. The molecule has 0 aliphatic heterocycles. The lowest BCUT2D eigenvalue weighted by atomic mass is 10.3. The number of carbonyl (C=O) groups excluding carboxylic acids is 1. The highest BCUT2D eigenvalue weighted by Crippen LogP contribution is 2.32. The van der Waals surface area contributed by atoms with E-state index in [4.69, 9.17) is 50.8 Å². The van der Waals surface area contributed by atoms with Crippen molar-refractivity contribution >= 4 is 58.0 Å². The normalized spacial score (nSPS) is 10.4. The lowest BCUT2D eigenvalue weighted by Crippen LogP contribution is -2.11. The first-order valence-corrected chi connectivity index (χ1v) is 6.20. The molecule has 7 heteroatoms. The van der Waals surface area contributed by atoms with Gasteiger partial charge < -0.3 is 9.73 Å². The number of furan rings is 1. The molecule has 0 saturated heterocycles. The zero-order valence-electron chi connectivity index (χ0n) is 8.64. The molecule has 0 aliphatic rings. The van der Waals surface area contributed by atoms with Crippen molar-refractivity contribution in [2.24, 2.45) is 0 Å². The number of rotatable bonds is 2. The van der Waals surface area contributed by atoms with Crippen molar-refractivity contribution in [3.63, 3.8) is 0 Å². The number of amides is 1. The van der Waals surface area contributed by atoms with Crippen LogP contribution in [0.25, 0.3) is 0 Å². The van der Waals surface area contributed by atoms with Gasteiger partial charge in [-0.1, -0.05) is 34.8 Å². The molecule has 1 amide bonds. The summed E-state index contributed by atoms with van der Waals surface area (Å²) in [6.45, 7) is 0. The maximum Gasteiger partial charge on any atom is 0.291 e. The first-order chi connectivity index (χ1) is 8.47. The molecule has 0 saturated carbocycles. The molecular formula is C11H5Cl4NO2. The third kappa shape index (κ3) is 2.93. The molecule has 94 valence electrons. The van der Waals surface area contributed by atoms with Crippen molar-refractivity contribution in [2.45, 2.75) is 0 Å². The number of carbonyl (C=O) groups is 1. The Bertz CT molecular complexity index is 609. The highest BCUT2D eigenvalue weighted by atomic mass is 35.5. The van der Waals surface area contributed by atoms with E-state index in [9.17, 15) is 4.79 Å². The topological polar surface area (TPSA) is 42.2 Å². The molecule has 0 atom stereocenters. The second-order valence-electron chi connectivity index (χ2n) is 3.30. The lowest BCUT2D eigenvalue weighted by molar-refractivity contribution is 0.0997. The van der Waals surface area contributed by atoms with Crippen molar-refractivity contribution in [3.8, 4) is 0 Å². The van der Waals surface area contributed by atoms with E-state index in [-0.39, 0.29) is 21.0 Å². The van der Waals surface area contributed by atoms with Crippen LogP contribution in [0.2, 0.25) is 20.3 Å². The van der Waals surface area contributed by atoms with Gasteiger partial charge in [0.2, 0.25) is 0 Å². The van der Waals surface area contributed by atoms with Gasteiger partial charge in [0.1, 0.15) is 0 Å². The average Bonchev–Trinajstić information content (AvgIpc) is 2.73. The minimum absolute atomic E-state index is 0.0714. The molecule has 2 rings (SSSR count). The van der Waals surface area contributed by atoms with Crippen LogP contribution < -0.4 is 5.32 Å². The van der Waals surface area contributed by atoms with Gasteiger partial charge in [0.05, 0.1) is 20.8 Å².